The molecule has 3 aromatic rings. The van der Waals surface area contributed by atoms with Crippen molar-refractivity contribution in [2.24, 2.45) is 5.92 Å². The Morgan fingerprint density at radius 1 is 1.06 bits per heavy atom. The number of nitrogens with one attached hydrogen (secondary N) is 1. The molecule has 0 atom stereocenters. The molecule has 0 aliphatic heterocycles. The summed E-state index contributed by atoms with van der Waals surface area (Å²) in [6, 6.07) is 18.1. The molecule has 0 saturated carbocycles. The van der Waals surface area contributed by atoms with Gasteiger partial charge in [0, 0.05) is 30.4 Å². The zero-order chi connectivity index (χ0) is 24.7. The SMILES string of the molecule is C=CCN(CC(=O)Nc1nc(-c2ccccc2)cn1-c1ccc(C(C)C)cc1)C(=O)CC(C)C. The molecule has 6 heteroatoms. The smallest absolute Gasteiger partial charge is 0.246 e. The standard InChI is InChI=1S/C28H34N4O2/c1-6-16-31(27(34)17-20(2)3)19-26(33)30-28-29-25(23-10-8-7-9-11-23)18-32(28)24-14-12-22(13-15-24)21(4)5/h6-15,18,20-21H,1,16-17,19H2,2-5H3,(H,29,30,33). The van der Waals surface area contributed by atoms with Crippen molar-refractivity contribution >= 4 is 17.8 Å². The number of aromatic nitrogens is 2. The van der Waals surface area contributed by atoms with Crippen LogP contribution in [0.3, 0.4) is 0 Å². The minimum Gasteiger partial charge on any atom is -0.330 e. The molecule has 0 aliphatic carbocycles. The third-order valence-corrected chi connectivity index (χ3v) is 5.48. The van der Waals surface area contributed by atoms with Gasteiger partial charge in [0.2, 0.25) is 17.8 Å². The van der Waals surface area contributed by atoms with Gasteiger partial charge in [-0.05, 0) is 29.5 Å². The Hall–Kier alpha value is -3.67. The number of carbonyl (C=O) groups excluding carboxylic acids is 2. The van der Waals surface area contributed by atoms with Crippen molar-refractivity contribution in [3.63, 3.8) is 0 Å². The van der Waals surface area contributed by atoms with Crippen molar-refractivity contribution < 1.29 is 9.59 Å². The van der Waals surface area contributed by atoms with E-state index in [-0.39, 0.29) is 24.3 Å². The minimum absolute atomic E-state index is 0.0581. The summed E-state index contributed by atoms with van der Waals surface area (Å²) in [5, 5.41) is 2.92. The highest BCUT2D eigenvalue weighted by Crippen LogP contribution is 2.25. The number of imidazole rings is 1. The Balaban J connectivity index is 1.89. The lowest BCUT2D eigenvalue weighted by Gasteiger charge is -2.21. The number of amides is 2. The molecule has 1 N–H and O–H groups in total. The predicted octanol–water partition coefficient (Wildman–Crippen LogP) is 5.66. The summed E-state index contributed by atoms with van der Waals surface area (Å²) in [6.07, 6.45) is 3.94. The molecule has 1 heterocycles. The number of rotatable bonds is 10. The van der Waals surface area contributed by atoms with Crippen LogP contribution >= 0.6 is 0 Å². The second kappa shape index (κ2) is 11.5. The lowest BCUT2D eigenvalue weighted by atomic mass is 10.0. The van der Waals surface area contributed by atoms with Gasteiger partial charge < -0.3 is 4.90 Å². The van der Waals surface area contributed by atoms with Crippen LogP contribution in [0.25, 0.3) is 16.9 Å². The molecule has 2 aromatic carbocycles. The van der Waals surface area contributed by atoms with Gasteiger partial charge in [0.15, 0.2) is 0 Å². The summed E-state index contributed by atoms with van der Waals surface area (Å²) < 4.78 is 1.87. The molecule has 34 heavy (non-hydrogen) atoms. The van der Waals surface area contributed by atoms with E-state index in [1.54, 1.807) is 6.08 Å². The van der Waals surface area contributed by atoms with Crippen molar-refractivity contribution in [3.05, 3.63) is 79.0 Å². The van der Waals surface area contributed by atoms with Crippen LogP contribution in [0.15, 0.2) is 73.4 Å². The van der Waals surface area contributed by atoms with Crippen LogP contribution in [0.1, 0.15) is 45.6 Å². The second-order valence-corrected chi connectivity index (χ2v) is 9.14. The van der Waals surface area contributed by atoms with Crippen LogP contribution in [-0.2, 0) is 9.59 Å². The van der Waals surface area contributed by atoms with E-state index in [4.69, 9.17) is 4.98 Å². The molecule has 0 fully saturated rings. The van der Waals surface area contributed by atoms with Gasteiger partial charge in [-0.1, -0.05) is 76.2 Å². The van der Waals surface area contributed by atoms with Crippen LogP contribution in [-0.4, -0.2) is 39.4 Å². The number of benzene rings is 2. The lowest BCUT2D eigenvalue weighted by Crippen LogP contribution is -2.38. The van der Waals surface area contributed by atoms with Gasteiger partial charge in [-0.3, -0.25) is 19.5 Å². The molecule has 0 saturated heterocycles. The molecule has 0 spiro atoms. The first-order chi connectivity index (χ1) is 16.3. The van der Waals surface area contributed by atoms with Crippen LogP contribution in [0, 0.1) is 5.92 Å². The molecule has 0 bridgehead atoms. The zero-order valence-corrected chi connectivity index (χ0v) is 20.5. The van der Waals surface area contributed by atoms with E-state index in [1.165, 1.54) is 10.5 Å². The van der Waals surface area contributed by atoms with Gasteiger partial charge in [0.1, 0.15) is 6.54 Å². The van der Waals surface area contributed by atoms with E-state index < -0.39 is 0 Å². The molecule has 6 nitrogen and oxygen atoms in total. The van der Waals surface area contributed by atoms with Gasteiger partial charge in [-0.2, -0.15) is 0 Å². The van der Waals surface area contributed by atoms with E-state index in [0.29, 0.717) is 24.8 Å². The molecule has 2 amide bonds. The summed E-state index contributed by atoms with van der Waals surface area (Å²) in [4.78, 5) is 31.8. The Bertz CT molecular complexity index is 1120. The first kappa shape index (κ1) is 25.0. The number of nitrogens with zero attached hydrogens (tertiary/aromatic N) is 3. The Labute approximate surface area is 202 Å². The second-order valence-electron chi connectivity index (χ2n) is 9.14. The van der Waals surface area contributed by atoms with E-state index in [2.05, 4.69) is 37.9 Å². The van der Waals surface area contributed by atoms with E-state index in [0.717, 1.165) is 16.9 Å². The van der Waals surface area contributed by atoms with Crippen LogP contribution < -0.4 is 5.32 Å². The molecule has 0 aliphatic rings. The Kier molecular flexibility index (Phi) is 8.41. The van der Waals surface area contributed by atoms with Gasteiger partial charge in [-0.15, -0.1) is 6.58 Å². The monoisotopic (exact) mass is 458 g/mol. The fourth-order valence-corrected chi connectivity index (χ4v) is 3.66. The first-order valence-corrected chi connectivity index (χ1v) is 11.7. The predicted molar refractivity (Wildman–Crippen MR) is 138 cm³/mol. The maximum atomic E-state index is 13.0. The number of hydrogen-bond donors (Lipinski definition) is 1. The molecule has 1 aromatic heterocycles. The topological polar surface area (TPSA) is 67.2 Å². The first-order valence-electron chi connectivity index (χ1n) is 11.7. The number of hydrogen-bond acceptors (Lipinski definition) is 3. The van der Waals surface area contributed by atoms with Gasteiger partial charge >= 0.3 is 0 Å². The summed E-state index contributed by atoms with van der Waals surface area (Å²) in [7, 11) is 0. The normalized spacial score (nSPS) is 11.0. The van der Waals surface area contributed by atoms with Gasteiger partial charge in [-0.25, -0.2) is 4.98 Å². The van der Waals surface area contributed by atoms with Crippen molar-refractivity contribution in [1.82, 2.24) is 14.5 Å². The summed E-state index contributed by atoms with van der Waals surface area (Å²) in [5.41, 5.74) is 3.84. The highest BCUT2D eigenvalue weighted by Gasteiger charge is 2.19. The fourth-order valence-electron chi connectivity index (χ4n) is 3.66. The highest BCUT2D eigenvalue weighted by atomic mass is 16.2. The van der Waals surface area contributed by atoms with Crippen molar-refractivity contribution in [3.8, 4) is 16.9 Å². The number of carbonyl (C=O) groups is 2. The van der Waals surface area contributed by atoms with E-state index >= 15 is 0 Å². The fraction of sp³-hybridized carbons (Fsp3) is 0.321. The van der Waals surface area contributed by atoms with E-state index in [1.807, 2.05) is 67.1 Å². The average molecular weight is 459 g/mol. The highest BCUT2D eigenvalue weighted by molar-refractivity contribution is 5.94. The van der Waals surface area contributed by atoms with Crippen molar-refractivity contribution in [2.45, 2.75) is 40.0 Å². The zero-order valence-electron chi connectivity index (χ0n) is 20.5. The summed E-state index contributed by atoms with van der Waals surface area (Å²) in [5.74, 6) is 0.682. The average Bonchev–Trinajstić information content (AvgIpc) is 3.22. The lowest BCUT2D eigenvalue weighted by molar-refractivity contribution is -0.134. The molecule has 0 radical (unpaired) electrons. The third kappa shape index (κ3) is 6.44. The van der Waals surface area contributed by atoms with Gasteiger partial charge in [0.05, 0.1) is 5.69 Å². The Morgan fingerprint density at radius 2 is 1.74 bits per heavy atom. The summed E-state index contributed by atoms with van der Waals surface area (Å²) in [6.45, 7) is 12.3. The van der Waals surface area contributed by atoms with Crippen molar-refractivity contribution in [1.29, 1.82) is 0 Å². The minimum atomic E-state index is -0.302. The van der Waals surface area contributed by atoms with Crippen LogP contribution in [0.4, 0.5) is 5.95 Å². The van der Waals surface area contributed by atoms with E-state index in [9.17, 15) is 9.59 Å². The maximum Gasteiger partial charge on any atom is 0.246 e. The van der Waals surface area contributed by atoms with Crippen LogP contribution in [0.5, 0.6) is 0 Å². The number of anilines is 1. The molecule has 178 valence electrons. The Morgan fingerprint density at radius 3 is 2.32 bits per heavy atom. The quantitative estimate of drug-likeness (QED) is 0.399. The molecular weight excluding hydrogens is 424 g/mol. The van der Waals surface area contributed by atoms with Crippen molar-refractivity contribution in [2.75, 3.05) is 18.4 Å². The molecule has 3 rings (SSSR count). The van der Waals surface area contributed by atoms with Crippen LogP contribution in [0.2, 0.25) is 0 Å². The summed E-state index contributed by atoms with van der Waals surface area (Å²) >= 11 is 0. The molecular formula is C28H34N4O2. The van der Waals surface area contributed by atoms with Gasteiger partial charge in [0.25, 0.3) is 0 Å². The molecule has 0 unspecified atom stereocenters. The maximum absolute atomic E-state index is 13.0. The largest absolute Gasteiger partial charge is 0.330 e. The third-order valence-electron chi connectivity index (χ3n) is 5.48.